The van der Waals surface area contributed by atoms with Crippen molar-refractivity contribution in [1.82, 2.24) is 5.43 Å². The molecule has 4 heteroatoms. The second kappa shape index (κ2) is 9.18. The molecule has 1 saturated carbocycles. The molecule has 0 aliphatic heterocycles. The van der Waals surface area contributed by atoms with Crippen LogP contribution < -0.4 is 10.2 Å². The third-order valence-corrected chi connectivity index (χ3v) is 4.94. The molecule has 0 aromatic heterocycles. The van der Waals surface area contributed by atoms with Gasteiger partial charge in [0.1, 0.15) is 12.4 Å². The first-order valence-electron chi connectivity index (χ1n) is 9.37. The summed E-state index contributed by atoms with van der Waals surface area (Å²) < 4.78 is 5.71. The number of hydrazone groups is 1. The van der Waals surface area contributed by atoms with Crippen LogP contribution in [-0.2, 0) is 6.61 Å². The lowest BCUT2D eigenvalue weighted by Gasteiger charge is -2.21. The van der Waals surface area contributed by atoms with E-state index < -0.39 is 0 Å². The molecule has 1 amide bonds. The normalized spacial score (nSPS) is 16.8. The van der Waals surface area contributed by atoms with Gasteiger partial charge in [0.05, 0.1) is 0 Å². The summed E-state index contributed by atoms with van der Waals surface area (Å²) in [5.74, 6) is 1.49. The van der Waals surface area contributed by atoms with Gasteiger partial charge in [0.25, 0.3) is 5.91 Å². The Morgan fingerprint density at radius 3 is 2.42 bits per heavy atom. The quantitative estimate of drug-likeness (QED) is 0.749. The Labute approximate surface area is 155 Å². The van der Waals surface area contributed by atoms with E-state index in [1.54, 1.807) is 0 Å². The molecular weight excluding hydrogens is 324 g/mol. The summed E-state index contributed by atoms with van der Waals surface area (Å²) in [5, 5.41) is 4.32. The van der Waals surface area contributed by atoms with E-state index in [1.165, 1.54) is 19.3 Å². The van der Waals surface area contributed by atoms with Crippen molar-refractivity contribution in [2.45, 2.75) is 45.6 Å². The minimum Gasteiger partial charge on any atom is -0.489 e. The lowest BCUT2D eigenvalue weighted by Crippen LogP contribution is -2.22. The van der Waals surface area contributed by atoms with Crippen LogP contribution in [0.2, 0.25) is 0 Å². The van der Waals surface area contributed by atoms with Gasteiger partial charge in [0.15, 0.2) is 0 Å². The molecule has 1 aliphatic rings. The monoisotopic (exact) mass is 350 g/mol. The molecule has 1 fully saturated rings. The lowest BCUT2D eigenvalue weighted by atomic mass is 9.86. The van der Waals surface area contributed by atoms with Crippen LogP contribution >= 0.6 is 0 Å². The number of benzene rings is 2. The maximum Gasteiger partial charge on any atom is 0.271 e. The van der Waals surface area contributed by atoms with E-state index in [2.05, 4.69) is 17.5 Å². The molecule has 0 radical (unpaired) electrons. The number of para-hydroxylation sites is 1. The standard InChI is InChI=1S/C22H26N2O2/c1-2-17-10-14-20(15-11-17)23-24-22(25)19-12-8-18(9-13-19)16-26-21-6-4-3-5-7-21/h3-9,12-13,17H,2,10-11,14-16H2,1H3,(H,24,25). The van der Waals surface area contributed by atoms with Gasteiger partial charge >= 0.3 is 0 Å². The third kappa shape index (κ3) is 5.19. The zero-order valence-corrected chi connectivity index (χ0v) is 15.3. The predicted molar refractivity (Wildman–Crippen MR) is 104 cm³/mol. The minimum absolute atomic E-state index is 0.161. The molecule has 0 spiro atoms. The first-order chi connectivity index (χ1) is 12.7. The van der Waals surface area contributed by atoms with Crippen LogP contribution in [0.4, 0.5) is 0 Å². The summed E-state index contributed by atoms with van der Waals surface area (Å²) in [6, 6.07) is 17.1. The maximum atomic E-state index is 12.2. The number of hydrogen-bond acceptors (Lipinski definition) is 3. The average molecular weight is 350 g/mol. The molecule has 136 valence electrons. The van der Waals surface area contributed by atoms with Crippen LogP contribution in [0.25, 0.3) is 0 Å². The summed E-state index contributed by atoms with van der Waals surface area (Å²) >= 11 is 0. The highest BCUT2D eigenvalue weighted by Crippen LogP contribution is 2.24. The van der Waals surface area contributed by atoms with Crippen LogP contribution in [0.15, 0.2) is 59.7 Å². The summed E-state index contributed by atoms with van der Waals surface area (Å²) in [6.07, 6.45) is 5.59. The van der Waals surface area contributed by atoms with E-state index in [0.29, 0.717) is 12.2 Å². The first-order valence-corrected chi connectivity index (χ1v) is 9.37. The smallest absolute Gasteiger partial charge is 0.271 e. The maximum absolute atomic E-state index is 12.2. The number of nitrogens with zero attached hydrogens (tertiary/aromatic N) is 1. The molecule has 1 N–H and O–H groups in total. The van der Waals surface area contributed by atoms with Crippen molar-refractivity contribution < 1.29 is 9.53 Å². The molecule has 0 heterocycles. The van der Waals surface area contributed by atoms with Gasteiger partial charge in [-0.1, -0.05) is 43.7 Å². The second-order valence-corrected chi connectivity index (χ2v) is 6.77. The molecule has 4 nitrogen and oxygen atoms in total. The zero-order valence-electron chi connectivity index (χ0n) is 15.3. The lowest BCUT2D eigenvalue weighted by molar-refractivity contribution is 0.0954. The van der Waals surface area contributed by atoms with E-state index in [-0.39, 0.29) is 5.91 Å². The Morgan fingerprint density at radius 1 is 1.08 bits per heavy atom. The van der Waals surface area contributed by atoms with E-state index in [1.807, 2.05) is 54.6 Å². The fraction of sp³-hybridized carbons (Fsp3) is 0.364. The average Bonchev–Trinajstić information content (AvgIpc) is 2.72. The van der Waals surface area contributed by atoms with Crippen LogP contribution in [0, 0.1) is 5.92 Å². The van der Waals surface area contributed by atoms with Crippen LogP contribution in [-0.4, -0.2) is 11.6 Å². The van der Waals surface area contributed by atoms with E-state index >= 15 is 0 Å². The molecule has 0 unspecified atom stereocenters. The topological polar surface area (TPSA) is 50.7 Å². The van der Waals surface area contributed by atoms with Crippen molar-refractivity contribution in [2.24, 2.45) is 11.0 Å². The van der Waals surface area contributed by atoms with Gasteiger partial charge in [-0.2, -0.15) is 5.10 Å². The Hall–Kier alpha value is -2.62. The Balaban J connectivity index is 1.49. The molecule has 0 bridgehead atoms. The van der Waals surface area contributed by atoms with Crippen LogP contribution in [0.1, 0.15) is 54.9 Å². The Morgan fingerprint density at radius 2 is 1.77 bits per heavy atom. The molecule has 2 aromatic rings. The highest BCUT2D eigenvalue weighted by Gasteiger charge is 2.16. The van der Waals surface area contributed by atoms with Gasteiger partial charge in [-0.3, -0.25) is 4.79 Å². The molecule has 26 heavy (non-hydrogen) atoms. The number of nitrogens with one attached hydrogen (secondary N) is 1. The van der Waals surface area contributed by atoms with Crippen molar-refractivity contribution in [3.05, 3.63) is 65.7 Å². The number of carbonyl (C=O) groups is 1. The second-order valence-electron chi connectivity index (χ2n) is 6.77. The SMILES string of the molecule is CCC1CCC(=NNC(=O)c2ccc(COc3ccccc3)cc2)CC1. The van der Waals surface area contributed by atoms with Gasteiger partial charge in [0, 0.05) is 11.3 Å². The number of rotatable bonds is 6. The Kier molecular flexibility index (Phi) is 6.42. The Bertz CT molecular complexity index is 728. The van der Waals surface area contributed by atoms with E-state index in [0.717, 1.165) is 35.8 Å². The van der Waals surface area contributed by atoms with E-state index in [4.69, 9.17) is 4.74 Å². The van der Waals surface area contributed by atoms with E-state index in [9.17, 15) is 4.79 Å². The van der Waals surface area contributed by atoms with Crippen molar-refractivity contribution in [2.75, 3.05) is 0 Å². The van der Waals surface area contributed by atoms with Crippen molar-refractivity contribution in [3.63, 3.8) is 0 Å². The van der Waals surface area contributed by atoms with Crippen LogP contribution in [0.3, 0.4) is 0 Å². The highest BCUT2D eigenvalue weighted by atomic mass is 16.5. The highest BCUT2D eigenvalue weighted by molar-refractivity contribution is 5.95. The van der Waals surface area contributed by atoms with Gasteiger partial charge in [-0.05, 0) is 61.4 Å². The molecule has 0 atom stereocenters. The third-order valence-electron chi connectivity index (χ3n) is 4.94. The molecule has 1 aliphatic carbocycles. The fourth-order valence-corrected chi connectivity index (χ4v) is 3.16. The van der Waals surface area contributed by atoms with Crippen molar-refractivity contribution in [1.29, 1.82) is 0 Å². The van der Waals surface area contributed by atoms with Gasteiger partial charge < -0.3 is 4.74 Å². The van der Waals surface area contributed by atoms with Gasteiger partial charge in [0.2, 0.25) is 0 Å². The summed E-state index contributed by atoms with van der Waals surface area (Å²) in [5.41, 5.74) is 5.44. The van der Waals surface area contributed by atoms with Gasteiger partial charge in [-0.15, -0.1) is 0 Å². The fourth-order valence-electron chi connectivity index (χ4n) is 3.16. The molecule has 3 rings (SSSR count). The number of hydrogen-bond donors (Lipinski definition) is 1. The molecular formula is C22H26N2O2. The largest absolute Gasteiger partial charge is 0.489 e. The van der Waals surface area contributed by atoms with Gasteiger partial charge in [-0.25, -0.2) is 5.43 Å². The molecule has 2 aromatic carbocycles. The number of ether oxygens (including phenoxy) is 1. The minimum atomic E-state index is -0.161. The van der Waals surface area contributed by atoms with Crippen molar-refractivity contribution in [3.8, 4) is 5.75 Å². The van der Waals surface area contributed by atoms with Crippen LogP contribution in [0.5, 0.6) is 5.75 Å². The first kappa shape index (κ1) is 18.2. The zero-order chi connectivity index (χ0) is 18.2. The predicted octanol–water partition coefficient (Wildman–Crippen LogP) is 4.95. The summed E-state index contributed by atoms with van der Waals surface area (Å²) in [7, 11) is 0. The molecule has 0 saturated heterocycles. The summed E-state index contributed by atoms with van der Waals surface area (Å²) in [6.45, 7) is 2.72. The van der Waals surface area contributed by atoms with Crippen molar-refractivity contribution >= 4 is 11.6 Å². The number of amides is 1. The number of carbonyl (C=O) groups excluding carboxylic acids is 1. The summed E-state index contributed by atoms with van der Waals surface area (Å²) in [4.78, 5) is 12.2.